The first-order valence-corrected chi connectivity index (χ1v) is 10.9. The Labute approximate surface area is 182 Å². The Bertz CT molecular complexity index is 1180. The van der Waals surface area contributed by atoms with Crippen LogP contribution < -0.4 is 10.3 Å². The van der Waals surface area contributed by atoms with Gasteiger partial charge >= 0.3 is 0 Å². The summed E-state index contributed by atoms with van der Waals surface area (Å²) in [4.78, 5) is 21.4. The van der Waals surface area contributed by atoms with E-state index in [2.05, 4.69) is 46.1 Å². The molecule has 0 amide bonds. The van der Waals surface area contributed by atoms with E-state index in [1.807, 2.05) is 17.6 Å². The number of hydrogen-bond acceptors (Lipinski definition) is 4. The lowest BCUT2D eigenvalue weighted by molar-refractivity contribution is 0.293. The highest BCUT2D eigenvalue weighted by molar-refractivity contribution is 5.39. The molecular weight excluding hydrogens is 386 g/mol. The third kappa shape index (κ3) is 4.69. The zero-order valence-corrected chi connectivity index (χ0v) is 17.6. The molecular formula is C26H25N3O2. The molecule has 5 nitrogen and oxygen atoms in total. The molecule has 0 N–H and O–H groups in total. The average molecular weight is 412 g/mol. The SMILES string of the molecule is Cc1cc(OCc2ncccn2)cc(=O)n1[C@@H](c1ccc(C#CC2CC2)cc1)C1CC1. The van der Waals surface area contributed by atoms with E-state index < -0.39 is 0 Å². The van der Waals surface area contributed by atoms with Gasteiger partial charge in [0.05, 0.1) is 6.04 Å². The number of rotatable bonds is 6. The van der Waals surface area contributed by atoms with E-state index in [1.165, 1.54) is 12.8 Å². The topological polar surface area (TPSA) is 57.0 Å². The van der Waals surface area contributed by atoms with E-state index in [0.717, 1.165) is 29.7 Å². The monoisotopic (exact) mass is 411 g/mol. The molecule has 0 radical (unpaired) electrons. The molecule has 5 heteroatoms. The van der Waals surface area contributed by atoms with Crippen molar-refractivity contribution in [3.63, 3.8) is 0 Å². The van der Waals surface area contributed by atoms with Crippen LogP contribution in [-0.2, 0) is 6.61 Å². The number of nitrogens with zero attached hydrogens (tertiary/aromatic N) is 3. The van der Waals surface area contributed by atoms with Crippen LogP contribution in [0.2, 0.25) is 0 Å². The standard InChI is InChI=1S/C26H25N3O2/c1-18-15-23(31-17-24-27-13-2-14-28-24)16-25(30)29(18)26(22-11-12-22)21-9-7-20(8-10-21)6-5-19-3-4-19/h2,7-10,13-16,19,22,26H,3-4,11-12,17H2,1H3/t26-/m0/s1. The van der Waals surface area contributed by atoms with Crippen LogP contribution in [0.1, 0.15) is 54.4 Å². The molecule has 2 aromatic heterocycles. The van der Waals surface area contributed by atoms with Gasteiger partial charge in [-0.05, 0) is 68.4 Å². The van der Waals surface area contributed by atoms with Gasteiger partial charge < -0.3 is 9.30 Å². The smallest absolute Gasteiger partial charge is 0.255 e. The van der Waals surface area contributed by atoms with Crippen molar-refractivity contribution in [2.24, 2.45) is 11.8 Å². The summed E-state index contributed by atoms with van der Waals surface area (Å²) in [5.74, 6) is 8.80. The highest BCUT2D eigenvalue weighted by atomic mass is 16.5. The fourth-order valence-corrected chi connectivity index (χ4v) is 3.90. The van der Waals surface area contributed by atoms with Gasteiger partial charge in [0.15, 0.2) is 5.82 Å². The van der Waals surface area contributed by atoms with Crippen LogP contribution in [-0.4, -0.2) is 14.5 Å². The maximum absolute atomic E-state index is 13.1. The van der Waals surface area contributed by atoms with Crippen molar-refractivity contribution in [3.8, 4) is 17.6 Å². The average Bonchev–Trinajstić information content (AvgIpc) is 3.69. The van der Waals surface area contributed by atoms with E-state index in [9.17, 15) is 4.79 Å². The minimum absolute atomic E-state index is 0.0431. The molecule has 2 aliphatic rings. The predicted molar refractivity (Wildman–Crippen MR) is 119 cm³/mol. The van der Waals surface area contributed by atoms with Crippen molar-refractivity contribution in [2.75, 3.05) is 0 Å². The molecule has 0 saturated heterocycles. The quantitative estimate of drug-likeness (QED) is 0.568. The minimum atomic E-state index is -0.0431. The van der Waals surface area contributed by atoms with Crippen molar-refractivity contribution in [1.29, 1.82) is 0 Å². The van der Waals surface area contributed by atoms with E-state index >= 15 is 0 Å². The fourth-order valence-electron chi connectivity index (χ4n) is 3.90. The van der Waals surface area contributed by atoms with Crippen LogP contribution in [0.4, 0.5) is 0 Å². The van der Waals surface area contributed by atoms with Gasteiger partial charge in [0.25, 0.3) is 5.56 Å². The number of benzene rings is 1. The molecule has 0 unspecified atom stereocenters. The van der Waals surface area contributed by atoms with Crippen LogP contribution in [0.5, 0.6) is 5.75 Å². The molecule has 2 heterocycles. The summed E-state index contributed by atoms with van der Waals surface area (Å²) in [7, 11) is 0. The molecule has 2 saturated carbocycles. The first-order chi connectivity index (χ1) is 15.2. The van der Waals surface area contributed by atoms with Gasteiger partial charge in [-0.1, -0.05) is 24.0 Å². The molecule has 2 fully saturated rings. The van der Waals surface area contributed by atoms with Crippen molar-refractivity contribution in [1.82, 2.24) is 14.5 Å². The van der Waals surface area contributed by atoms with Gasteiger partial charge in [0, 0.05) is 35.6 Å². The van der Waals surface area contributed by atoms with Gasteiger partial charge in [-0.2, -0.15) is 0 Å². The highest BCUT2D eigenvalue weighted by Crippen LogP contribution is 2.43. The first-order valence-electron chi connectivity index (χ1n) is 10.9. The molecule has 0 bridgehead atoms. The van der Waals surface area contributed by atoms with Gasteiger partial charge in [0.2, 0.25) is 0 Å². The second kappa shape index (κ2) is 8.39. The largest absolute Gasteiger partial charge is 0.485 e. The van der Waals surface area contributed by atoms with Crippen LogP contribution in [0.15, 0.2) is 59.7 Å². The Morgan fingerprint density at radius 3 is 2.48 bits per heavy atom. The molecule has 31 heavy (non-hydrogen) atoms. The minimum Gasteiger partial charge on any atom is -0.485 e. The summed E-state index contributed by atoms with van der Waals surface area (Å²) >= 11 is 0. The third-order valence-corrected chi connectivity index (χ3v) is 5.82. The predicted octanol–water partition coefficient (Wildman–Crippen LogP) is 4.29. The molecule has 3 aromatic rings. The molecule has 2 aliphatic carbocycles. The molecule has 1 atom stereocenters. The second-order valence-corrected chi connectivity index (χ2v) is 8.44. The fraction of sp³-hybridized carbons (Fsp3) is 0.346. The second-order valence-electron chi connectivity index (χ2n) is 8.44. The van der Waals surface area contributed by atoms with E-state index in [1.54, 1.807) is 24.5 Å². The van der Waals surface area contributed by atoms with Gasteiger partial charge in [-0.25, -0.2) is 9.97 Å². The van der Waals surface area contributed by atoms with Crippen molar-refractivity contribution >= 4 is 0 Å². The van der Waals surface area contributed by atoms with Gasteiger partial charge in [-0.15, -0.1) is 0 Å². The summed E-state index contributed by atoms with van der Waals surface area (Å²) in [6, 6.07) is 13.7. The number of aryl methyl sites for hydroxylation is 1. The van der Waals surface area contributed by atoms with Crippen LogP contribution in [0.3, 0.4) is 0 Å². The van der Waals surface area contributed by atoms with E-state index in [4.69, 9.17) is 4.74 Å². The normalized spacial score (nSPS) is 16.3. The zero-order valence-electron chi connectivity index (χ0n) is 17.6. The van der Waals surface area contributed by atoms with Gasteiger partial charge in [-0.3, -0.25) is 4.79 Å². The Balaban J connectivity index is 1.39. The lowest BCUT2D eigenvalue weighted by atomic mass is 9.99. The van der Waals surface area contributed by atoms with Gasteiger partial charge in [0.1, 0.15) is 12.4 Å². The summed E-state index contributed by atoms with van der Waals surface area (Å²) < 4.78 is 7.69. The maximum Gasteiger partial charge on any atom is 0.255 e. The molecule has 5 rings (SSSR count). The van der Waals surface area contributed by atoms with Crippen LogP contribution in [0.25, 0.3) is 0 Å². The van der Waals surface area contributed by atoms with Crippen LogP contribution >= 0.6 is 0 Å². The Morgan fingerprint density at radius 1 is 1.10 bits per heavy atom. The summed E-state index contributed by atoms with van der Waals surface area (Å²) in [5, 5.41) is 0. The zero-order chi connectivity index (χ0) is 21.2. The van der Waals surface area contributed by atoms with E-state index in [-0.39, 0.29) is 18.2 Å². The summed E-state index contributed by atoms with van der Waals surface area (Å²) in [6.07, 6.45) is 8.10. The lowest BCUT2D eigenvalue weighted by Crippen LogP contribution is -2.28. The van der Waals surface area contributed by atoms with Crippen molar-refractivity contribution in [3.05, 3.63) is 87.9 Å². The first kappa shape index (κ1) is 19.6. The molecule has 156 valence electrons. The third-order valence-electron chi connectivity index (χ3n) is 5.82. The maximum atomic E-state index is 13.1. The number of hydrogen-bond donors (Lipinski definition) is 0. The highest BCUT2D eigenvalue weighted by Gasteiger charge is 2.35. The van der Waals surface area contributed by atoms with E-state index in [0.29, 0.717) is 23.4 Å². The van der Waals surface area contributed by atoms with Crippen LogP contribution in [0, 0.1) is 30.6 Å². The molecule has 0 aliphatic heterocycles. The number of pyridine rings is 1. The Kier molecular flexibility index (Phi) is 5.30. The Morgan fingerprint density at radius 2 is 1.84 bits per heavy atom. The summed E-state index contributed by atoms with van der Waals surface area (Å²) in [5.41, 5.74) is 3.06. The Hall–Kier alpha value is -3.39. The number of ether oxygens (including phenoxy) is 1. The molecule has 1 aromatic carbocycles. The lowest BCUT2D eigenvalue weighted by Gasteiger charge is -2.23. The number of aromatic nitrogens is 3. The van der Waals surface area contributed by atoms with Crippen molar-refractivity contribution in [2.45, 2.75) is 45.3 Å². The van der Waals surface area contributed by atoms with Crippen molar-refractivity contribution < 1.29 is 4.74 Å². The summed E-state index contributed by atoms with van der Waals surface area (Å²) in [6.45, 7) is 2.21. The molecule has 0 spiro atoms.